The van der Waals surface area contributed by atoms with Gasteiger partial charge in [-0.05, 0) is 0 Å². The first kappa shape index (κ1) is 7.05. The van der Waals surface area contributed by atoms with Gasteiger partial charge in [0, 0.05) is 12.4 Å². The summed E-state index contributed by atoms with van der Waals surface area (Å²) in [6.45, 7) is 0. The summed E-state index contributed by atoms with van der Waals surface area (Å²) in [5, 5.41) is 8.63. The predicted molar refractivity (Wildman–Crippen MR) is 33.2 cm³/mol. The summed E-state index contributed by atoms with van der Waals surface area (Å²) in [6, 6.07) is 0. The minimum Gasteiger partial charge on any atom is -0.351 e. The third kappa shape index (κ3) is 5.05. The highest BCUT2D eigenvalue weighted by Crippen LogP contribution is 1.62. The van der Waals surface area contributed by atoms with Gasteiger partial charge in [0.25, 0.3) is 0 Å². The Hall–Kier alpha value is -0.950. The Bertz CT molecular complexity index is 124. The van der Waals surface area contributed by atoms with Gasteiger partial charge in [-0.2, -0.15) is 5.26 Å². The standard InChI is InChI=1S/C3H4N2.CHNS/c1-2-5-3-4-1;2-1-3/h1-3H,(H,4,5);3H. The molecule has 0 saturated carbocycles. The van der Waals surface area contributed by atoms with E-state index in [9.17, 15) is 0 Å². The Balaban J connectivity index is 0.000000145. The normalized spacial score (nSPS) is 6.00. The van der Waals surface area contributed by atoms with E-state index < -0.39 is 0 Å². The molecular weight excluding hydrogens is 122 g/mol. The van der Waals surface area contributed by atoms with Crippen LogP contribution in [-0.4, -0.2) is 9.97 Å². The summed E-state index contributed by atoms with van der Waals surface area (Å²) < 4.78 is 0. The van der Waals surface area contributed by atoms with Crippen LogP contribution in [0.5, 0.6) is 0 Å². The van der Waals surface area contributed by atoms with E-state index in [2.05, 4.69) is 22.6 Å². The molecule has 0 fully saturated rings. The van der Waals surface area contributed by atoms with Gasteiger partial charge in [-0.3, -0.25) is 0 Å². The molecular formula is C4H5N3S. The number of H-pyrrole nitrogens is 1. The largest absolute Gasteiger partial charge is 0.351 e. The lowest BCUT2D eigenvalue weighted by Crippen LogP contribution is -1.44. The number of hydrogen-bond donors (Lipinski definition) is 2. The molecule has 0 unspecified atom stereocenters. The first-order chi connectivity index (χ1) is 3.91. The molecule has 1 rings (SSSR count). The molecule has 42 valence electrons. The van der Waals surface area contributed by atoms with Crippen molar-refractivity contribution < 1.29 is 0 Å². The SMILES string of the molecule is N#CS.c1c[nH]cn1. The smallest absolute Gasteiger partial charge is 0.130 e. The molecule has 0 amide bonds. The van der Waals surface area contributed by atoms with Crippen LogP contribution in [0.3, 0.4) is 0 Å². The fourth-order valence-electron chi connectivity index (χ4n) is 0.215. The molecule has 0 aliphatic carbocycles. The lowest BCUT2D eigenvalue weighted by atomic mass is 11.0. The van der Waals surface area contributed by atoms with Crippen molar-refractivity contribution in [3.63, 3.8) is 0 Å². The third-order valence-corrected chi connectivity index (χ3v) is 0.406. The van der Waals surface area contributed by atoms with Crippen molar-refractivity contribution in [2.24, 2.45) is 0 Å². The van der Waals surface area contributed by atoms with Crippen molar-refractivity contribution in [2.75, 3.05) is 0 Å². The molecule has 3 nitrogen and oxygen atoms in total. The molecule has 1 aromatic rings. The van der Waals surface area contributed by atoms with Crippen molar-refractivity contribution in [1.82, 2.24) is 9.97 Å². The molecule has 0 radical (unpaired) electrons. The first-order valence-corrected chi connectivity index (χ1v) is 2.32. The van der Waals surface area contributed by atoms with Gasteiger partial charge < -0.3 is 4.98 Å². The Morgan fingerprint density at radius 2 is 2.38 bits per heavy atom. The van der Waals surface area contributed by atoms with E-state index in [1.807, 2.05) is 0 Å². The second-order valence-electron chi connectivity index (χ2n) is 0.861. The average Bonchev–Trinajstić information content (AvgIpc) is 2.17. The number of aromatic amines is 1. The zero-order chi connectivity index (χ0) is 6.24. The number of nitrogens with one attached hydrogen (secondary N) is 1. The third-order valence-electron chi connectivity index (χ3n) is 0.406. The summed E-state index contributed by atoms with van der Waals surface area (Å²) in [6.07, 6.45) is 5.08. The number of aromatic nitrogens is 2. The summed E-state index contributed by atoms with van der Waals surface area (Å²) in [4.78, 5) is 6.42. The van der Waals surface area contributed by atoms with Crippen molar-refractivity contribution in [3.05, 3.63) is 18.7 Å². The molecule has 1 N–H and O–H groups in total. The van der Waals surface area contributed by atoms with Gasteiger partial charge >= 0.3 is 0 Å². The molecule has 0 aliphatic rings. The molecule has 0 bridgehead atoms. The lowest BCUT2D eigenvalue weighted by molar-refractivity contribution is 1.31. The van der Waals surface area contributed by atoms with Crippen LogP contribution in [0.2, 0.25) is 0 Å². The summed E-state index contributed by atoms with van der Waals surface area (Å²) in [5.74, 6) is 0. The quantitative estimate of drug-likeness (QED) is 0.400. The average molecular weight is 127 g/mol. The highest BCUT2D eigenvalue weighted by molar-refractivity contribution is 7.85. The Morgan fingerprint density at radius 3 is 2.50 bits per heavy atom. The van der Waals surface area contributed by atoms with Crippen molar-refractivity contribution in [2.45, 2.75) is 0 Å². The van der Waals surface area contributed by atoms with Gasteiger partial charge in [0.2, 0.25) is 0 Å². The van der Waals surface area contributed by atoms with E-state index in [-0.39, 0.29) is 0 Å². The van der Waals surface area contributed by atoms with Crippen LogP contribution >= 0.6 is 12.6 Å². The maximum Gasteiger partial charge on any atom is 0.130 e. The van der Waals surface area contributed by atoms with E-state index in [1.54, 1.807) is 18.7 Å². The Morgan fingerprint density at radius 1 is 1.75 bits per heavy atom. The Kier molecular flexibility index (Phi) is 5.33. The number of nitriles is 1. The van der Waals surface area contributed by atoms with Crippen LogP contribution in [0, 0.1) is 10.7 Å². The highest BCUT2D eigenvalue weighted by Gasteiger charge is 1.56. The summed E-state index contributed by atoms with van der Waals surface area (Å²) >= 11 is 3.09. The zero-order valence-electron chi connectivity index (χ0n) is 4.07. The molecule has 4 heteroatoms. The molecule has 0 saturated heterocycles. The van der Waals surface area contributed by atoms with Crippen LogP contribution in [-0.2, 0) is 0 Å². The second kappa shape index (κ2) is 6.05. The van der Waals surface area contributed by atoms with E-state index in [0.29, 0.717) is 0 Å². The van der Waals surface area contributed by atoms with E-state index in [1.165, 1.54) is 5.40 Å². The van der Waals surface area contributed by atoms with Crippen LogP contribution in [0.25, 0.3) is 0 Å². The second-order valence-corrected chi connectivity index (χ2v) is 1.06. The lowest BCUT2D eigenvalue weighted by Gasteiger charge is -1.46. The summed E-state index contributed by atoms with van der Waals surface area (Å²) in [5.41, 5.74) is 0. The number of nitrogens with zero attached hydrogens (tertiary/aromatic N) is 2. The maximum absolute atomic E-state index is 7.18. The number of imidazole rings is 1. The monoisotopic (exact) mass is 127 g/mol. The first-order valence-electron chi connectivity index (χ1n) is 1.87. The summed E-state index contributed by atoms with van der Waals surface area (Å²) in [7, 11) is 0. The number of thiocyanates is 1. The van der Waals surface area contributed by atoms with Crippen LogP contribution in [0.1, 0.15) is 0 Å². The number of hydrogen-bond acceptors (Lipinski definition) is 3. The molecule has 0 atom stereocenters. The minimum atomic E-state index is 1.44. The van der Waals surface area contributed by atoms with E-state index in [4.69, 9.17) is 5.26 Å². The van der Waals surface area contributed by atoms with E-state index in [0.717, 1.165) is 0 Å². The van der Waals surface area contributed by atoms with Gasteiger partial charge in [-0.1, -0.05) is 12.6 Å². The van der Waals surface area contributed by atoms with Crippen LogP contribution < -0.4 is 0 Å². The van der Waals surface area contributed by atoms with Crippen molar-refractivity contribution >= 4 is 12.6 Å². The fraction of sp³-hybridized carbons (Fsp3) is 0. The van der Waals surface area contributed by atoms with Crippen molar-refractivity contribution in [1.29, 1.82) is 5.26 Å². The molecule has 8 heavy (non-hydrogen) atoms. The van der Waals surface area contributed by atoms with Gasteiger partial charge in [0.1, 0.15) is 5.40 Å². The highest BCUT2D eigenvalue weighted by atomic mass is 32.1. The maximum atomic E-state index is 7.18. The minimum absolute atomic E-state index is 1.44. The van der Waals surface area contributed by atoms with Gasteiger partial charge in [0.15, 0.2) is 0 Å². The van der Waals surface area contributed by atoms with Gasteiger partial charge in [0.05, 0.1) is 6.33 Å². The molecule has 0 aromatic carbocycles. The molecule has 1 aromatic heterocycles. The van der Waals surface area contributed by atoms with Gasteiger partial charge in [-0.15, -0.1) is 0 Å². The van der Waals surface area contributed by atoms with Crippen LogP contribution in [0.15, 0.2) is 18.7 Å². The molecule has 0 spiro atoms. The topological polar surface area (TPSA) is 52.5 Å². The Labute approximate surface area is 52.8 Å². The number of rotatable bonds is 0. The number of thiol groups is 1. The molecule has 1 heterocycles. The van der Waals surface area contributed by atoms with Gasteiger partial charge in [-0.25, -0.2) is 4.98 Å². The van der Waals surface area contributed by atoms with Crippen molar-refractivity contribution in [3.8, 4) is 5.40 Å². The molecule has 0 aliphatic heterocycles. The fourth-order valence-corrected chi connectivity index (χ4v) is 0.215. The van der Waals surface area contributed by atoms with Crippen LogP contribution in [0.4, 0.5) is 0 Å². The predicted octanol–water partition coefficient (Wildman–Crippen LogP) is 0.807. The van der Waals surface area contributed by atoms with E-state index >= 15 is 0 Å². The zero-order valence-corrected chi connectivity index (χ0v) is 4.97.